The van der Waals surface area contributed by atoms with Crippen LogP contribution >= 0.6 is 0 Å². The smallest absolute Gasteiger partial charge is 0.106 e. The molecule has 0 bridgehead atoms. The molecule has 14 heavy (non-hydrogen) atoms. The van der Waals surface area contributed by atoms with Crippen molar-refractivity contribution in [3.05, 3.63) is 17.2 Å². The Balaban J connectivity index is 1.94. The van der Waals surface area contributed by atoms with E-state index >= 15 is 0 Å². The fourth-order valence-electron chi connectivity index (χ4n) is 2.36. The normalized spacial score (nSPS) is 24.8. The molecule has 1 aliphatic carbocycles. The SMILES string of the molecule is Cc1nc2c(n1C[C@@H]1CO1)CCCC2. The number of aromatic nitrogens is 2. The second kappa shape index (κ2) is 3.09. The van der Waals surface area contributed by atoms with Gasteiger partial charge in [0.2, 0.25) is 0 Å². The maximum atomic E-state index is 5.28. The van der Waals surface area contributed by atoms with Crippen LogP contribution in [0.15, 0.2) is 0 Å². The zero-order chi connectivity index (χ0) is 9.54. The molecule has 0 amide bonds. The van der Waals surface area contributed by atoms with Crippen molar-refractivity contribution < 1.29 is 4.74 Å². The number of hydrogen-bond acceptors (Lipinski definition) is 2. The Labute approximate surface area is 84.1 Å². The summed E-state index contributed by atoms with van der Waals surface area (Å²) in [5.41, 5.74) is 2.82. The largest absolute Gasteiger partial charge is 0.371 e. The summed E-state index contributed by atoms with van der Waals surface area (Å²) >= 11 is 0. The average Bonchev–Trinajstić information content (AvgIpc) is 2.93. The van der Waals surface area contributed by atoms with Crippen molar-refractivity contribution in [1.29, 1.82) is 0 Å². The van der Waals surface area contributed by atoms with E-state index in [1.54, 1.807) is 0 Å². The average molecular weight is 192 g/mol. The molecule has 1 saturated heterocycles. The van der Waals surface area contributed by atoms with Crippen molar-refractivity contribution in [2.75, 3.05) is 6.61 Å². The van der Waals surface area contributed by atoms with E-state index in [1.165, 1.54) is 42.9 Å². The lowest BCUT2D eigenvalue weighted by atomic mass is 10.0. The Morgan fingerprint density at radius 3 is 3.00 bits per heavy atom. The van der Waals surface area contributed by atoms with Crippen molar-refractivity contribution in [3.63, 3.8) is 0 Å². The maximum Gasteiger partial charge on any atom is 0.106 e. The molecule has 0 radical (unpaired) electrons. The number of imidazole rings is 1. The molecule has 0 N–H and O–H groups in total. The first-order valence-electron chi connectivity index (χ1n) is 5.51. The first-order valence-corrected chi connectivity index (χ1v) is 5.51. The third kappa shape index (κ3) is 1.36. The monoisotopic (exact) mass is 192 g/mol. The van der Waals surface area contributed by atoms with Crippen molar-refractivity contribution in [3.8, 4) is 0 Å². The molecule has 3 nitrogen and oxygen atoms in total. The number of aryl methyl sites for hydroxylation is 2. The molecule has 0 spiro atoms. The Morgan fingerprint density at radius 1 is 1.43 bits per heavy atom. The number of ether oxygens (including phenoxy) is 1. The zero-order valence-corrected chi connectivity index (χ0v) is 8.62. The third-order valence-corrected chi connectivity index (χ3v) is 3.21. The van der Waals surface area contributed by atoms with E-state index in [4.69, 9.17) is 4.74 Å². The molecule has 76 valence electrons. The molecule has 1 fully saturated rings. The molecule has 0 aromatic carbocycles. The van der Waals surface area contributed by atoms with Gasteiger partial charge < -0.3 is 9.30 Å². The minimum absolute atomic E-state index is 0.467. The van der Waals surface area contributed by atoms with E-state index in [0.717, 1.165) is 13.2 Å². The minimum Gasteiger partial charge on any atom is -0.371 e. The highest BCUT2D eigenvalue weighted by Crippen LogP contribution is 2.24. The first kappa shape index (κ1) is 8.48. The minimum atomic E-state index is 0.467. The fourth-order valence-corrected chi connectivity index (χ4v) is 2.36. The van der Waals surface area contributed by atoms with Gasteiger partial charge in [0.25, 0.3) is 0 Å². The van der Waals surface area contributed by atoms with Crippen LogP contribution in [0.5, 0.6) is 0 Å². The van der Waals surface area contributed by atoms with E-state index in [1.807, 2.05) is 0 Å². The molecular weight excluding hydrogens is 176 g/mol. The van der Waals surface area contributed by atoms with Gasteiger partial charge in [-0.2, -0.15) is 0 Å². The van der Waals surface area contributed by atoms with E-state index in [-0.39, 0.29) is 0 Å². The summed E-state index contributed by atoms with van der Waals surface area (Å²) in [5, 5.41) is 0. The molecule has 0 saturated carbocycles. The molecule has 1 aromatic rings. The van der Waals surface area contributed by atoms with Gasteiger partial charge in [0.05, 0.1) is 24.9 Å². The lowest BCUT2D eigenvalue weighted by Crippen LogP contribution is -2.12. The van der Waals surface area contributed by atoms with Gasteiger partial charge in [0.15, 0.2) is 0 Å². The van der Waals surface area contributed by atoms with Crippen molar-refractivity contribution in [1.82, 2.24) is 9.55 Å². The quantitative estimate of drug-likeness (QED) is 0.664. The topological polar surface area (TPSA) is 30.4 Å². The molecule has 2 heterocycles. The van der Waals surface area contributed by atoms with E-state index < -0.39 is 0 Å². The standard InChI is InChI=1S/C11H16N2O/c1-8-12-10-4-2-3-5-11(10)13(8)6-9-7-14-9/h9H,2-7H2,1H3/t9-/m1/s1. The van der Waals surface area contributed by atoms with Gasteiger partial charge in [-0.05, 0) is 32.6 Å². The van der Waals surface area contributed by atoms with Crippen LogP contribution in [0.4, 0.5) is 0 Å². The Kier molecular flexibility index (Phi) is 1.87. The number of fused-ring (bicyclic) bond motifs is 1. The van der Waals surface area contributed by atoms with Crippen LogP contribution in [-0.2, 0) is 24.1 Å². The Bertz CT molecular complexity index is 352. The lowest BCUT2D eigenvalue weighted by Gasteiger charge is -2.13. The van der Waals surface area contributed by atoms with E-state index in [0.29, 0.717) is 6.10 Å². The highest BCUT2D eigenvalue weighted by atomic mass is 16.6. The first-order chi connectivity index (χ1) is 6.84. The summed E-state index contributed by atoms with van der Waals surface area (Å²) in [6.45, 7) is 4.07. The van der Waals surface area contributed by atoms with Gasteiger partial charge in [-0.15, -0.1) is 0 Å². The maximum absolute atomic E-state index is 5.28. The van der Waals surface area contributed by atoms with Gasteiger partial charge in [-0.25, -0.2) is 4.98 Å². The van der Waals surface area contributed by atoms with E-state index in [9.17, 15) is 0 Å². The summed E-state index contributed by atoms with van der Waals surface area (Å²) < 4.78 is 7.65. The van der Waals surface area contributed by atoms with Crippen LogP contribution in [0.2, 0.25) is 0 Å². The molecule has 1 aromatic heterocycles. The molecule has 1 atom stereocenters. The van der Waals surface area contributed by atoms with Crippen molar-refractivity contribution >= 4 is 0 Å². The van der Waals surface area contributed by atoms with Crippen LogP contribution in [0.1, 0.15) is 30.1 Å². The van der Waals surface area contributed by atoms with Gasteiger partial charge >= 0.3 is 0 Å². The van der Waals surface area contributed by atoms with Gasteiger partial charge in [-0.1, -0.05) is 0 Å². The third-order valence-electron chi connectivity index (χ3n) is 3.21. The number of rotatable bonds is 2. The van der Waals surface area contributed by atoms with Crippen LogP contribution in [0, 0.1) is 6.92 Å². The zero-order valence-electron chi connectivity index (χ0n) is 8.62. The summed E-state index contributed by atoms with van der Waals surface area (Å²) in [5.74, 6) is 1.17. The molecule has 2 aliphatic rings. The predicted octanol–water partition coefficient (Wildman–Crippen LogP) is 1.47. The van der Waals surface area contributed by atoms with Crippen molar-refractivity contribution in [2.45, 2.75) is 45.3 Å². The lowest BCUT2D eigenvalue weighted by molar-refractivity contribution is 0.377. The number of nitrogens with zero attached hydrogens (tertiary/aromatic N) is 2. The van der Waals surface area contributed by atoms with Crippen LogP contribution in [-0.4, -0.2) is 22.3 Å². The molecule has 1 aliphatic heterocycles. The second-order valence-corrected chi connectivity index (χ2v) is 4.33. The van der Waals surface area contributed by atoms with Gasteiger partial charge in [0, 0.05) is 5.69 Å². The molecule has 3 heteroatoms. The van der Waals surface area contributed by atoms with Gasteiger partial charge in [0.1, 0.15) is 5.82 Å². The Hall–Kier alpha value is -0.830. The predicted molar refractivity (Wildman–Crippen MR) is 53.3 cm³/mol. The highest BCUT2D eigenvalue weighted by molar-refractivity contribution is 5.20. The number of epoxide rings is 1. The molecular formula is C11H16N2O. The van der Waals surface area contributed by atoms with E-state index in [2.05, 4.69) is 16.5 Å². The fraction of sp³-hybridized carbons (Fsp3) is 0.727. The van der Waals surface area contributed by atoms with Crippen molar-refractivity contribution in [2.24, 2.45) is 0 Å². The summed E-state index contributed by atoms with van der Waals surface area (Å²) in [7, 11) is 0. The Morgan fingerprint density at radius 2 is 2.21 bits per heavy atom. The summed E-state index contributed by atoms with van der Waals surface area (Å²) in [6.07, 6.45) is 5.49. The number of hydrogen-bond donors (Lipinski definition) is 0. The molecule has 3 rings (SSSR count). The van der Waals surface area contributed by atoms with Gasteiger partial charge in [-0.3, -0.25) is 0 Å². The van der Waals surface area contributed by atoms with Crippen LogP contribution in [0.25, 0.3) is 0 Å². The molecule has 0 unspecified atom stereocenters. The highest BCUT2D eigenvalue weighted by Gasteiger charge is 2.26. The summed E-state index contributed by atoms with van der Waals surface area (Å²) in [6, 6.07) is 0. The summed E-state index contributed by atoms with van der Waals surface area (Å²) in [4.78, 5) is 4.64. The van der Waals surface area contributed by atoms with Crippen LogP contribution < -0.4 is 0 Å². The van der Waals surface area contributed by atoms with Crippen LogP contribution in [0.3, 0.4) is 0 Å². The second-order valence-electron chi connectivity index (χ2n) is 4.33.